The second-order valence-electron chi connectivity index (χ2n) is 6.70. The van der Waals surface area contributed by atoms with Crippen LogP contribution in [0.15, 0.2) is 72.2 Å². The number of aromatic nitrogens is 1. The molecule has 1 amide bonds. The maximum Gasteiger partial charge on any atom is 0.273 e. The van der Waals surface area contributed by atoms with Gasteiger partial charge in [0.1, 0.15) is 5.75 Å². The molecule has 1 atom stereocenters. The predicted octanol–water partition coefficient (Wildman–Crippen LogP) is 4.46. The second kappa shape index (κ2) is 8.79. The number of non-ortho nitro benzene ring substituents is 1. The third-order valence-electron chi connectivity index (χ3n) is 4.79. The van der Waals surface area contributed by atoms with Crippen LogP contribution >= 0.6 is 11.3 Å². The number of hydrogen-bond acceptors (Lipinski definition) is 5. The van der Waals surface area contributed by atoms with Crippen LogP contribution in [0.5, 0.6) is 5.75 Å². The topological polar surface area (TPSA) is 97.3 Å². The molecule has 0 bridgehead atoms. The Balaban J connectivity index is 1.44. The molecule has 0 aliphatic rings. The molecule has 30 heavy (non-hydrogen) atoms. The van der Waals surface area contributed by atoms with E-state index in [0.29, 0.717) is 6.54 Å². The average Bonchev–Trinajstić information content (AvgIpc) is 3.44. The highest BCUT2D eigenvalue weighted by molar-refractivity contribution is 7.10. The number of rotatable bonds is 8. The molecular weight excluding hydrogens is 402 g/mol. The van der Waals surface area contributed by atoms with Gasteiger partial charge in [-0.15, -0.1) is 11.3 Å². The highest BCUT2D eigenvalue weighted by Gasteiger charge is 2.20. The Hall–Kier alpha value is -3.65. The maximum atomic E-state index is 12.4. The fourth-order valence-corrected chi connectivity index (χ4v) is 4.18. The fraction of sp³-hybridized carbons (Fsp3) is 0.136. The summed E-state index contributed by atoms with van der Waals surface area (Å²) in [6.45, 7) is 0.200. The van der Waals surface area contributed by atoms with Crippen molar-refractivity contribution in [2.45, 2.75) is 5.92 Å². The lowest BCUT2D eigenvalue weighted by atomic mass is 9.96. The predicted molar refractivity (Wildman–Crippen MR) is 116 cm³/mol. The van der Waals surface area contributed by atoms with Crippen LogP contribution in [-0.4, -0.2) is 29.0 Å². The first-order valence-electron chi connectivity index (χ1n) is 9.35. The standard InChI is InChI=1S/C22H19N3O4S/c26-22(14-29-16-6-3-5-15(11-16)25(27)28)24-13-19(21-9-4-10-30-21)18-12-23-20-8-2-1-7-17(18)20/h1-12,19,23H,13-14H2,(H,24,26). The number of nitro groups is 1. The van der Waals surface area contributed by atoms with Gasteiger partial charge in [0.2, 0.25) is 0 Å². The third kappa shape index (κ3) is 4.33. The minimum Gasteiger partial charge on any atom is -0.484 e. The number of aromatic amines is 1. The number of nitro benzene ring substituents is 1. The molecule has 0 fully saturated rings. The van der Waals surface area contributed by atoms with Crippen LogP contribution < -0.4 is 10.1 Å². The molecule has 1 unspecified atom stereocenters. The van der Waals surface area contributed by atoms with E-state index in [9.17, 15) is 14.9 Å². The fourth-order valence-electron chi connectivity index (χ4n) is 3.34. The summed E-state index contributed by atoms with van der Waals surface area (Å²) in [5, 5.41) is 16.9. The van der Waals surface area contributed by atoms with Crippen LogP contribution in [0, 0.1) is 10.1 Å². The van der Waals surface area contributed by atoms with Crippen molar-refractivity contribution in [3.8, 4) is 5.75 Å². The van der Waals surface area contributed by atoms with Crippen molar-refractivity contribution in [2.75, 3.05) is 13.2 Å². The Morgan fingerprint density at radius 2 is 2.03 bits per heavy atom. The Morgan fingerprint density at radius 1 is 1.17 bits per heavy atom. The number of amides is 1. The van der Waals surface area contributed by atoms with Crippen molar-refractivity contribution in [3.63, 3.8) is 0 Å². The highest BCUT2D eigenvalue weighted by atomic mass is 32.1. The van der Waals surface area contributed by atoms with Gasteiger partial charge in [-0.05, 0) is 29.1 Å². The molecular formula is C22H19N3O4S. The van der Waals surface area contributed by atoms with Gasteiger partial charge in [-0.2, -0.15) is 0 Å². The van der Waals surface area contributed by atoms with Crippen molar-refractivity contribution in [3.05, 3.63) is 92.8 Å². The first-order chi connectivity index (χ1) is 14.6. The van der Waals surface area contributed by atoms with Crippen molar-refractivity contribution < 1.29 is 14.5 Å². The molecule has 152 valence electrons. The summed E-state index contributed by atoms with van der Waals surface area (Å²) in [6, 6.07) is 17.9. The van der Waals surface area contributed by atoms with E-state index in [4.69, 9.17) is 4.74 Å². The average molecular weight is 421 g/mol. The monoisotopic (exact) mass is 421 g/mol. The van der Waals surface area contributed by atoms with Crippen molar-refractivity contribution in [1.82, 2.24) is 10.3 Å². The molecule has 2 aromatic carbocycles. The molecule has 0 radical (unpaired) electrons. The van der Waals surface area contributed by atoms with E-state index in [1.807, 2.05) is 35.8 Å². The number of hydrogen-bond donors (Lipinski definition) is 2. The second-order valence-corrected chi connectivity index (χ2v) is 7.68. The Labute approximate surface area is 176 Å². The number of carbonyl (C=O) groups is 1. The van der Waals surface area contributed by atoms with Crippen LogP contribution in [0.3, 0.4) is 0 Å². The summed E-state index contributed by atoms with van der Waals surface area (Å²) >= 11 is 1.64. The number of ether oxygens (including phenoxy) is 1. The van der Waals surface area contributed by atoms with E-state index < -0.39 is 4.92 Å². The molecule has 0 aliphatic heterocycles. The number of H-pyrrole nitrogens is 1. The lowest BCUT2D eigenvalue weighted by Crippen LogP contribution is -2.32. The quantitative estimate of drug-likeness (QED) is 0.324. The zero-order chi connectivity index (χ0) is 20.9. The van der Waals surface area contributed by atoms with Gasteiger partial charge < -0.3 is 15.0 Å². The summed E-state index contributed by atoms with van der Waals surface area (Å²) in [7, 11) is 0. The van der Waals surface area contributed by atoms with Gasteiger partial charge in [0.25, 0.3) is 11.6 Å². The van der Waals surface area contributed by atoms with Crippen molar-refractivity contribution in [2.24, 2.45) is 0 Å². The normalized spacial score (nSPS) is 11.9. The Bertz CT molecular complexity index is 1170. The lowest BCUT2D eigenvalue weighted by molar-refractivity contribution is -0.384. The molecule has 2 N–H and O–H groups in total. The van der Waals surface area contributed by atoms with Crippen molar-refractivity contribution >= 4 is 33.8 Å². The molecule has 4 aromatic rings. The highest BCUT2D eigenvalue weighted by Crippen LogP contribution is 2.32. The first kappa shape index (κ1) is 19.7. The first-order valence-corrected chi connectivity index (χ1v) is 10.2. The number of thiophene rings is 1. The van der Waals surface area contributed by atoms with Crippen LogP contribution in [0.4, 0.5) is 5.69 Å². The molecule has 0 spiro atoms. The van der Waals surface area contributed by atoms with Gasteiger partial charge in [0.15, 0.2) is 6.61 Å². The summed E-state index contributed by atoms with van der Waals surface area (Å²) in [5.74, 6) is -0.00315. The summed E-state index contributed by atoms with van der Waals surface area (Å²) in [4.78, 5) is 27.2. The van der Waals surface area contributed by atoms with E-state index in [2.05, 4.69) is 22.4 Å². The van der Waals surface area contributed by atoms with Gasteiger partial charge in [-0.3, -0.25) is 14.9 Å². The van der Waals surface area contributed by atoms with E-state index in [1.54, 1.807) is 17.4 Å². The van der Waals surface area contributed by atoms with Gasteiger partial charge in [-0.1, -0.05) is 30.3 Å². The van der Waals surface area contributed by atoms with E-state index in [-0.39, 0.29) is 29.9 Å². The van der Waals surface area contributed by atoms with Crippen LogP contribution in [-0.2, 0) is 4.79 Å². The van der Waals surface area contributed by atoms with E-state index >= 15 is 0 Å². The van der Waals surface area contributed by atoms with Gasteiger partial charge >= 0.3 is 0 Å². The van der Waals surface area contributed by atoms with Gasteiger partial charge in [0.05, 0.1) is 11.0 Å². The number of carbonyl (C=O) groups excluding carboxylic acids is 1. The lowest BCUT2D eigenvalue weighted by Gasteiger charge is -2.16. The zero-order valence-electron chi connectivity index (χ0n) is 15.9. The van der Waals surface area contributed by atoms with E-state index in [0.717, 1.165) is 21.3 Å². The summed E-state index contributed by atoms with van der Waals surface area (Å²) < 4.78 is 5.42. The number of nitrogens with zero attached hydrogens (tertiary/aromatic N) is 1. The molecule has 2 aromatic heterocycles. The number of benzene rings is 2. The molecule has 0 saturated carbocycles. The molecule has 4 rings (SSSR count). The molecule has 0 saturated heterocycles. The van der Waals surface area contributed by atoms with Crippen LogP contribution in [0.25, 0.3) is 10.9 Å². The minimum atomic E-state index is -0.500. The number of nitrogens with one attached hydrogen (secondary N) is 2. The Kier molecular flexibility index (Phi) is 5.76. The molecule has 0 aliphatic carbocycles. The van der Waals surface area contributed by atoms with Crippen LogP contribution in [0.2, 0.25) is 0 Å². The zero-order valence-corrected chi connectivity index (χ0v) is 16.7. The SMILES string of the molecule is O=C(COc1cccc([N+](=O)[O-])c1)NCC(c1cccs1)c1c[nH]c2ccccc12. The summed E-state index contributed by atoms with van der Waals surface area (Å²) in [5.41, 5.74) is 2.09. The Morgan fingerprint density at radius 3 is 2.83 bits per heavy atom. The molecule has 2 heterocycles. The van der Waals surface area contributed by atoms with Crippen LogP contribution in [0.1, 0.15) is 16.4 Å². The maximum absolute atomic E-state index is 12.4. The van der Waals surface area contributed by atoms with E-state index in [1.165, 1.54) is 18.2 Å². The van der Waals surface area contributed by atoms with Gasteiger partial charge in [-0.25, -0.2) is 0 Å². The largest absolute Gasteiger partial charge is 0.484 e. The number of para-hydroxylation sites is 1. The third-order valence-corrected chi connectivity index (χ3v) is 5.77. The minimum absolute atomic E-state index is 0.00270. The molecule has 7 nitrogen and oxygen atoms in total. The van der Waals surface area contributed by atoms with Crippen molar-refractivity contribution in [1.29, 1.82) is 0 Å². The van der Waals surface area contributed by atoms with Gasteiger partial charge in [0, 0.05) is 40.5 Å². The summed E-state index contributed by atoms with van der Waals surface area (Å²) in [6.07, 6.45) is 1.99. The molecule has 8 heteroatoms. The smallest absolute Gasteiger partial charge is 0.273 e. The number of fused-ring (bicyclic) bond motifs is 1.